The van der Waals surface area contributed by atoms with Crippen molar-refractivity contribution in [2.45, 2.75) is 26.7 Å². The number of rotatable bonds is 10. The molecule has 2 aromatic rings. The van der Waals surface area contributed by atoms with Gasteiger partial charge in [0, 0.05) is 32.6 Å². The molecule has 1 aliphatic heterocycles. The predicted molar refractivity (Wildman–Crippen MR) is 122 cm³/mol. The van der Waals surface area contributed by atoms with E-state index in [1.54, 1.807) is 17.0 Å². The summed E-state index contributed by atoms with van der Waals surface area (Å²) in [5.74, 6) is 2.26. The molecule has 2 amide bonds. The molecule has 0 bridgehead atoms. The van der Waals surface area contributed by atoms with E-state index in [0.29, 0.717) is 58.0 Å². The van der Waals surface area contributed by atoms with Crippen molar-refractivity contribution in [1.29, 1.82) is 0 Å². The van der Waals surface area contributed by atoms with Gasteiger partial charge in [-0.2, -0.15) is 0 Å². The molecule has 0 aliphatic carbocycles. The minimum atomic E-state index is -0.0718. The number of piperazine rings is 1. The largest absolute Gasteiger partial charge is 0.494 e. The molecule has 0 aromatic heterocycles. The summed E-state index contributed by atoms with van der Waals surface area (Å²) in [4.78, 5) is 28.5. The van der Waals surface area contributed by atoms with Crippen molar-refractivity contribution in [3.05, 3.63) is 54.1 Å². The Labute approximate surface area is 189 Å². The van der Waals surface area contributed by atoms with E-state index >= 15 is 0 Å². The molecule has 0 unspecified atom stereocenters. The molecular formula is C25H32N2O5. The third-order valence-corrected chi connectivity index (χ3v) is 5.31. The van der Waals surface area contributed by atoms with Crippen LogP contribution >= 0.6 is 0 Å². The van der Waals surface area contributed by atoms with Gasteiger partial charge in [0.25, 0.3) is 5.91 Å². The number of ether oxygens (including phenoxy) is 3. The minimum Gasteiger partial charge on any atom is -0.494 e. The molecule has 0 spiro atoms. The maximum atomic E-state index is 12.4. The van der Waals surface area contributed by atoms with E-state index in [1.165, 1.54) is 5.56 Å². The molecule has 0 N–H and O–H groups in total. The van der Waals surface area contributed by atoms with Gasteiger partial charge in [-0.1, -0.05) is 17.7 Å². The minimum absolute atomic E-state index is 0.0156. The summed E-state index contributed by atoms with van der Waals surface area (Å²) >= 11 is 0. The van der Waals surface area contributed by atoms with E-state index in [2.05, 4.69) is 0 Å². The Bertz CT molecular complexity index is 859. The second kappa shape index (κ2) is 12.0. The Morgan fingerprint density at radius 2 is 1.25 bits per heavy atom. The fourth-order valence-electron chi connectivity index (χ4n) is 3.45. The van der Waals surface area contributed by atoms with Crippen molar-refractivity contribution in [3.8, 4) is 17.2 Å². The van der Waals surface area contributed by atoms with Gasteiger partial charge in [-0.05, 0) is 56.7 Å². The molecule has 3 rings (SSSR count). The summed E-state index contributed by atoms with van der Waals surface area (Å²) in [7, 11) is 0. The number of carbonyl (C=O) groups is 2. The standard InChI is InChI=1S/C25H32N2O5/c1-3-30-21-10-12-23(13-11-21)32-19-25(29)27-16-14-26(15-17-27)24(28)5-4-18-31-22-8-6-20(2)7-9-22/h6-13H,3-5,14-19H2,1-2H3. The highest BCUT2D eigenvalue weighted by Gasteiger charge is 2.24. The van der Waals surface area contributed by atoms with Crippen molar-refractivity contribution >= 4 is 11.8 Å². The molecule has 0 saturated carbocycles. The zero-order chi connectivity index (χ0) is 22.8. The second-order valence-electron chi connectivity index (χ2n) is 7.72. The lowest BCUT2D eigenvalue weighted by Gasteiger charge is -2.34. The normalized spacial score (nSPS) is 13.6. The van der Waals surface area contributed by atoms with Crippen molar-refractivity contribution in [3.63, 3.8) is 0 Å². The maximum absolute atomic E-state index is 12.4. The Kier molecular flexibility index (Phi) is 8.78. The number of hydrogen-bond acceptors (Lipinski definition) is 5. The molecule has 0 atom stereocenters. The zero-order valence-electron chi connectivity index (χ0n) is 18.9. The summed E-state index contributed by atoms with van der Waals surface area (Å²) in [5.41, 5.74) is 1.19. The monoisotopic (exact) mass is 440 g/mol. The lowest BCUT2D eigenvalue weighted by atomic mass is 10.2. The molecule has 7 nitrogen and oxygen atoms in total. The van der Waals surface area contributed by atoms with Gasteiger partial charge in [-0.3, -0.25) is 9.59 Å². The topological polar surface area (TPSA) is 68.3 Å². The van der Waals surface area contributed by atoms with Crippen LogP contribution in [0.1, 0.15) is 25.3 Å². The van der Waals surface area contributed by atoms with Gasteiger partial charge < -0.3 is 24.0 Å². The first-order chi connectivity index (χ1) is 15.5. The molecule has 7 heteroatoms. The zero-order valence-corrected chi connectivity index (χ0v) is 18.9. The quantitative estimate of drug-likeness (QED) is 0.531. The van der Waals surface area contributed by atoms with E-state index in [4.69, 9.17) is 14.2 Å². The average Bonchev–Trinajstić information content (AvgIpc) is 2.82. The number of hydrogen-bond donors (Lipinski definition) is 0. The van der Waals surface area contributed by atoms with Crippen LogP contribution in [0.15, 0.2) is 48.5 Å². The lowest BCUT2D eigenvalue weighted by molar-refractivity contribution is -0.140. The Morgan fingerprint density at radius 1 is 0.750 bits per heavy atom. The summed E-state index contributed by atoms with van der Waals surface area (Å²) in [6, 6.07) is 15.1. The molecule has 1 fully saturated rings. The highest BCUT2D eigenvalue weighted by atomic mass is 16.5. The third-order valence-electron chi connectivity index (χ3n) is 5.31. The molecule has 2 aromatic carbocycles. The van der Waals surface area contributed by atoms with E-state index in [1.807, 2.05) is 55.1 Å². The first-order valence-corrected chi connectivity index (χ1v) is 11.2. The first-order valence-electron chi connectivity index (χ1n) is 11.2. The van der Waals surface area contributed by atoms with Crippen molar-refractivity contribution in [2.24, 2.45) is 0 Å². The van der Waals surface area contributed by atoms with Crippen molar-refractivity contribution < 1.29 is 23.8 Å². The van der Waals surface area contributed by atoms with Gasteiger partial charge >= 0.3 is 0 Å². The van der Waals surface area contributed by atoms with Crippen LogP contribution in [0.5, 0.6) is 17.2 Å². The van der Waals surface area contributed by atoms with Crippen LogP contribution in [-0.4, -0.2) is 67.6 Å². The van der Waals surface area contributed by atoms with E-state index in [0.717, 1.165) is 11.5 Å². The van der Waals surface area contributed by atoms with Gasteiger partial charge in [0.2, 0.25) is 5.91 Å². The van der Waals surface area contributed by atoms with Gasteiger partial charge in [0.1, 0.15) is 17.2 Å². The fourth-order valence-corrected chi connectivity index (χ4v) is 3.45. The Morgan fingerprint density at radius 3 is 1.84 bits per heavy atom. The second-order valence-corrected chi connectivity index (χ2v) is 7.72. The Balaban J connectivity index is 1.31. The van der Waals surface area contributed by atoms with Crippen LogP contribution in [0, 0.1) is 6.92 Å². The molecule has 1 heterocycles. The number of carbonyl (C=O) groups excluding carboxylic acids is 2. The van der Waals surface area contributed by atoms with E-state index in [-0.39, 0.29) is 18.4 Å². The van der Waals surface area contributed by atoms with Crippen LogP contribution in [0.25, 0.3) is 0 Å². The Hall–Kier alpha value is -3.22. The molecule has 172 valence electrons. The van der Waals surface area contributed by atoms with Gasteiger partial charge in [-0.15, -0.1) is 0 Å². The molecule has 0 radical (unpaired) electrons. The van der Waals surface area contributed by atoms with Crippen molar-refractivity contribution in [2.75, 3.05) is 46.0 Å². The summed E-state index contributed by atoms with van der Waals surface area (Å²) in [5, 5.41) is 0. The number of aryl methyl sites for hydroxylation is 1. The maximum Gasteiger partial charge on any atom is 0.260 e. The fraction of sp³-hybridized carbons (Fsp3) is 0.440. The van der Waals surface area contributed by atoms with E-state index < -0.39 is 0 Å². The summed E-state index contributed by atoms with van der Waals surface area (Å²) < 4.78 is 16.7. The third kappa shape index (κ3) is 7.18. The number of nitrogens with zero attached hydrogens (tertiary/aromatic N) is 2. The first kappa shape index (κ1) is 23.4. The van der Waals surface area contributed by atoms with E-state index in [9.17, 15) is 9.59 Å². The lowest BCUT2D eigenvalue weighted by Crippen LogP contribution is -2.51. The van der Waals surface area contributed by atoms with Gasteiger partial charge in [0.05, 0.1) is 13.2 Å². The highest BCUT2D eigenvalue weighted by molar-refractivity contribution is 5.79. The van der Waals surface area contributed by atoms with Crippen LogP contribution in [-0.2, 0) is 9.59 Å². The smallest absolute Gasteiger partial charge is 0.260 e. The summed E-state index contributed by atoms with van der Waals surface area (Å²) in [6.07, 6.45) is 1.11. The number of amides is 2. The molecule has 32 heavy (non-hydrogen) atoms. The molecular weight excluding hydrogens is 408 g/mol. The van der Waals surface area contributed by atoms with Crippen LogP contribution in [0.4, 0.5) is 0 Å². The highest BCUT2D eigenvalue weighted by Crippen LogP contribution is 2.18. The predicted octanol–water partition coefficient (Wildman–Crippen LogP) is 3.30. The van der Waals surface area contributed by atoms with Crippen molar-refractivity contribution in [1.82, 2.24) is 9.80 Å². The number of benzene rings is 2. The summed E-state index contributed by atoms with van der Waals surface area (Å²) in [6.45, 7) is 7.21. The molecule has 1 aliphatic rings. The average molecular weight is 441 g/mol. The van der Waals surface area contributed by atoms with Crippen LogP contribution < -0.4 is 14.2 Å². The molecule has 1 saturated heterocycles. The van der Waals surface area contributed by atoms with Crippen LogP contribution in [0.2, 0.25) is 0 Å². The van der Waals surface area contributed by atoms with Gasteiger partial charge in [0.15, 0.2) is 6.61 Å². The van der Waals surface area contributed by atoms with Gasteiger partial charge in [-0.25, -0.2) is 0 Å². The van der Waals surface area contributed by atoms with Crippen LogP contribution in [0.3, 0.4) is 0 Å². The SMILES string of the molecule is CCOc1ccc(OCC(=O)N2CCN(C(=O)CCCOc3ccc(C)cc3)CC2)cc1.